The molecule has 1 amide bonds. The average Bonchev–Trinajstić information content (AvgIpc) is 3.15. The molecule has 3 nitrogen and oxygen atoms in total. The van der Waals surface area contributed by atoms with E-state index < -0.39 is 0 Å². The van der Waals surface area contributed by atoms with E-state index in [2.05, 4.69) is 61.9 Å². The summed E-state index contributed by atoms with van der Waals surface area (Å²) >= 11 is 12.4. The molecule has 2 heterocycles. The minimum absolute atomic E-state index is 0.0796. The van der Waals surface area contributed by atoms with Crippen LogP contribution in [0.2, 0.25) is 10.0 Å². The van der Waals surface area contributed by atoms with Gasteiger partial charge in [-0.05, 0) is 46.9 Å². The fourth-order valence-electron chi connectivity index (χ4n) is 3.94. The second-order valence-electron chi connectivity index (χ2n) is 8.52. The SMILES string of the molecule is CC(C)(C)c1ccc(C2c3cccn3CCN2C(=O)c2ccc(Cl)cc2Cl)cc1. The first-order valence-electron chi connectivity index (χ1n) is 9.77. The molecule has 0 saturated heterocycles. The Balaban J connectivity index is 1.76. The van der Waals surface area contributed by atoms with Crippen LogP contribution in [0, 0.1) is 0 Å². The van der Waals surface area contributed by atoms with Gasteiger partial charge in [0.25, 0.3) is 5.91 Å². The van der Waals surface area contributed by atoms with Crippen LogP contribution in [0.25, 0.3) is 0 Å². The van der Waals surface area contributed by atoms with E-state index in [0.717, 1.165) is 17.8 Å². The van der Waals surface area contributed by atoms with Gasteiger partial charge in [-0.25, -0.2) is 0 Å². The highest BCUT2D eigenvalue weighted by molar-refractivity contribution is 6.36. The molecule has 0 fully saturated rings. The molecule has 1 unspecified atom stereocenters. The first-order chi connectivity index (χ1) is 13.8. The normalized spacial score (nSPS) is 16.6. The van der Waals surface area contributed by atoms with E-state index in [1.165, 1.54) is 5.56 Å². The van der Waals surface area contributed by atoms with Gasteiger partial charge in [0.05, 0.1) is 16.6 Å². The van der Waals surface area contributed by atoms with Gasteiger partial charge in [0.2, 0.25) is 0 Å². The van der Waals surface area contributed by atoms with Gasteiger partial charge in [-0.2, -0.15) is 0 Å². The van der Waals surface area contributed by atoms with Crippen LogP contribution in [0.15, 0.2) is 60.8 Å². The topological polar surface area (TPSA) is 25.2 Å². The molecule has 150 valence electrons. The van der Waals surface area contributed by atoms with Gasteiger partial charge in [0.1, 0.15) is 0 Å². The highest BCUT2D eigenvalue weighted by Crippen LogP contribution is 2.35. The molecule has 1 atom stereocenters. The molecule has 3 aromatic rings. The van der Waals surface area contributed by atoms with Gasteiger partial charge in [-0.1, -0.05) is 68.2 Å². The zero-order valence-electron chi connectivity index (χ0n) is 16.8. The Morgan fingerprint density at radius 3 is 2.38 bits per heavy atom. The Hall–Kier alpha value is -2.23. The second kappa shape index (κ2) is 7.55. The summed E-state index contributed by atoms with van der Waals surface area (Å²) in [6.45, 7) is 7.98. The van der Waals surface area contributed by atoms with Crippen molar-refractivity contribution in [1.29, 1.82) is 0 Å². The molecule has 0 aliphatic carbocycles. The van der Waals surface area contributed by atoms with Crippen molar-refractivity contribution in [3.63, 3.8) is 0 Å². The van der Waals surface area contributed by atoms with Crippen LogP contribution in [0.4, 0.5) is 0 Å². The van der Waals surface area contributed by atoms with Crippen LogP contribution < -0.4 is 0 Å². The number of hydrogen-bond donors (Lipinski definition) is 0. The number of nitrogens with zero attached hydrogens (tertiary/aromatic N) is 2. The maximum Gasteiger partial charge on any atom is 0.256 e. The van der Waals surface area contributed by atoms with Crippen LogP contribution in [0.3, 0.4) is 0 Å². The fourth-order valence-corrected chi connectivity index (χ4v) is 4.43. The summed E-state index contributed by atoms with van der Waals surface area (Å²) in [6.07, 6.45) is 2.07. The third-order valence-electron chi connectivity index (χ3n) is 5.55. The number of benzene rings is 2. The standard InChI is InChI=1S/C24H24Cl2N2O/c1-24(2,3)17-8-6-16(7-9-17)22-21-5-4-12-27(21)13-14-28(22)23(29)19-11-10-18(25)15-20(19)26/h4-12,15,22H,13-14H2,1-3H3. The first-order valence-corrected chi connectivity index (χ1v) is 10.5. The van der Waals surface area contributed by atoms with E-state index in [-0.39, 0.29) is 17.4 Å². The lowest BCUT2D eigenvalue weighted by molar-refractivity contribution is 0.0664. The maximum absolute atomic E-state index is 13.5. The molecule has 5 heteroatoms. The fraction of sp³-hybridized carbons (Fsp3) is 0.292. The molecule has 1 aliphatic heterocycles. The molecule has 4 rings (SSSR count). The van der Waals surface area contributed by atoms with Gasteiger partial charge in [0, 0.05) is 30.0 Å². The Kier molecular flexibility index (Phi) is 5.22. The molecule has 0 spiro atoms. The summed E-state index contributed by atoms with van der Waals surface area (Å²) in [5, 5.41) is 0.902. The summed E-state index contributed by atoms with van der Waals surface area (Å²) in [6, 6.07) is 17.6. The minimum Gasteiger partial charge on any atom is -0.348 e. The quantitative estimate of drug-likeness (QED) is 0.469. The van der Waals surface area contributed by atoms with E-state index in [4.69, 9.17) is 23.2 Å². The lowest BCUT2D eigenvalue weighted by Gasteiger charge is -2.38. The first kappa shape index (κ1) is 20.1. The zero-order chi connectivity index (χ0) is 20.8. The Morgan fingerprint density at radius 1 is 1.00 bits per heavy atom. The number of carbonyl (C=O) groups is 1. The number of carbonyl (C=O) groups excluding carboxylic acids is 1. The third-order valence-corrected chi connectivity index (χ3v) is 6.10. The van der Waals surface area contributed by atoms with Crippen LogP contribution in [0.5, 0.6) is 0 Å². The smallest absolute Gasteiger partial charge is 0.256 e. The molecular formula is C24H24Cl2N2O. The van der Waals surface area contributed by atoms with Gasteiger partial charge >= 0.3 is 0 Å². The predicted molar refractivity (Wildman–Crippen MR) is 119 cm³/mol. The van der Waals surface area contributed by atoms with Gasteiger partial charge in [-0.15, -0.1) is 0 Å². The Labute approximate surface area is 181 Å². The van der Waals surface area contributed by atoms with E-state index in [9.17, 15) is 4.79 Å². The zero-order valence-corrected chi connectivity index (χ0v) is 18.3. The number of fused-ring (bicyclic) bond motifs is 1. The average molecular weight is 427 g/mol. The van der Waals surface area contributed by atoms with Crippen molar-refractivity contribution in [2.45, 2.75) is 38.8 Å². The molecule has 0 saturated carbocycles. The number of rotatable bonds is 2. The third kappa shape index (κ3) is 3.82. The summed E-state index contributed by atoms with van der Waals surface area (Å²) in [7, 11) is 0. The van der Waals surface area contributed by atoms with Gasteiger partial charge in [-0.3, -0.25) is 4.79 Å². The highest BCUT2D eigenvalue weighted by atomic mass is 35.5. The van der Waals surface area contributed by atoms with Crippen molar-refractivity contribution in [3.05, 3.63) is 93.2 Å². The molecule has 0 bridgehead atoms. The summed E-state index contributed by atoms with van der Waals surface area (Å²) in [5.41, 5.74) is 4.03. The maximum atomic E-state index is 13.5. The molecule has 1 aliphatic rings. The summed E-state index contributed by atoms with van der Waals surface area (Å²) < 4.78 is 2.22. The molecule has 2 aromatic carbocycles. The lowest BCUT2D eigenvalue weighted by atomic mass is 9.86. The predicted octanol–water partition coefficient (Wildman–Crippen LogP) is 6.34. The van der Waals surface area contributed by atoms with Gasteiger partial charge < -0.3 is 9.47 Å². The number of amides is 1. The summed E-state index contributed by atoms with van der Waals surface area (Å²) in [5.74, 6) is -0.0796. The number of hydrogen-bond acceptors (Lipinski definition) is 1. The molecule has 0 N–H and O–H groups in total. The van der Waals surface area contributed by atoms with Crippen molar-refractivity contribution < 1.29 is 4.79 Å². The van der Waals surface area contributed by atoms with Crippen molar-refractivity contribution >= 4 is 29.1 Å². The molecular weight excluding hydrogens is 403 g/mol. The van der Waals surface area contributed by atoms with Crippen molar-refractivity contribution in [1.82, 2.24) is 9.47 Å². The lowest BCUT2D eigenvalue weighted by Crippen LogP contribution is -2.42. The Morgan fingerprint density at radius 2 is 1.72 bits per heavy atom. The summed E-state index contributed by atoms with van der Waals surface area (Å²) in [4.78, 5) is 15.4. The minimum atomic E-state index is -0.160. The molecule has 0 radical (unpaired) electrons. The largest absolute Gasteiger partial charge is 0.348 e. The molecule has 1 aromatic heterocycles. The van der Waals surface area contributed by atoms with E-state index in [0.29, 0.717) is 22.2 Å². The van der Waals surface area contributed by atoms with Crippen LogP contribution in [0.1, 0.15) is 54.0 Å². The second-order valence-corrected chi connectivity index (χ2v) is 9.37. The molecule has 29 heavy (non-hydrogen) atoms. The Bertz CT molecular complexity index is 1050. The van der Waals surface area contributed by atoms with E-state index in [1.54, 1.807) is 18.2 Å². The van der Waals surface area contributed by atoms with Crippen molar-refractivity contribution in [2.24, 2.45) is 0 Å². The number of aromatic nitrogens is 1. The van der Waals surface area contributed by atoms with E-state index in [1.807, 2.05) is 11.0 Å². The van der Waals surface area contributed by atoms with E-state index >= 15 is 0 Å². The van der Waals surface area contributed by atoms with Crippen LogP contribution in [-0.2, 0) is 12.0 Å². The monoisotopic (exact) mass is 426 g/mol. The van der Waals surface area contributed by atoms with Gasteiger partial charge in [0.15, 0.2) is 0 Å². The van der Waals surface area contributed by atoms with Crippen LogP contribution >= 0.6 is 23.2 Å². The van der Waals surface area contributed by atoms with Crippen molar-refractivity contribution in [3.8, 4) is 0 Å². The van der Waals surface area contributed by atoms with Crippen LogP contribution in [-0.4, -0.2) is 21.9 Å². The number of halogens is 2. The van der Waals surface area contributed by atoms with Crippen molar-refractivity contribution in [2.75, 3.05) is 6.54 Å². The highest BCUT2D eigenvalue weighted by Gasteiger charge is 2.33.